The van der Waals surface area contributed by atoms with Crippen LogP contribution in [0.15, 0.2) is 0 Å². The summed E-state index contributed by atoms with van der Waals surface area (Å²) in [6.45, 7) is 6.16. The number of rotatable bonds is 1. The van der Waals surface area contributed by atoms with Crippen LogP contribution in [0.1, 0.15) is 45.4 Å². The minimum Gasteiger partial charge on any atom is -0.313 e. The van der Waals surface area contributed by atoms with Crippen LogP contribution in [0.3, 0.4) is 0 Å². The van der Waals surface area contributed by atoms with E-state index in [4.69, 9.17) is 0 Å². The quantitative estimate of drug-likeness (QED) is 0.690. The van der Waals surface area contributed by atoms with Gasteiger partial charge in [0.15, 0.2) is 0 Å². The fourth-order valence-corrected chi connectivity index (χ4v) is 2.90. The molecule has 2 fully saturated rings. The van der Waals surface area contributed by atoms with Crippen LogP contribution in [0, 0.1) is 0 Å². The first-order valence-electron chi connectivity index (χ1n) is 6.33. The molecule has 1 saturated heterocycles. The highest BCUT2D eigenvalue weighted by atomic mass is 15.2. The normalized spacial score (nSPS) is 32.8. The van der Waals surface area contributed by atoms with Crippen LogP contribution in [0.5, 0.6) is 0 Å². The minimum atomic E-state index is 0.691. The zero-order valence-corrected chi connectivity index (χ0v) is 9.47. The Balaban J connectivity index is 1.86. The molecule has 1 aliphatic carbocycles. The van der Waals surface area contributed by atoms with E-state index in [-0.39, 0.29) is 0 Å². The van der Waals surface area contributed by atoms with Gasteiger partial charge in [0.2, 0.25) is 0 Å². The lowest BCUT2D eigenvalue weighted by molar-refractivity contribution is 0.167. The highest BCUT2D eigenvalue weighted by Gasteiger charge is 2.24. The Labute approximate surface area is 88.1 Å². The molecule has 0 aromatic rings. The lowest BCUT2D eigenvalue weighted by atomic mass is 10.1. The van der Waals surface area contributed by atoms with Gasteiger partial charge in [-0.1, -0.05) is 12.8 Å². The van der Waals surface area contributed by atoms with Gasteiger partial charge in [-0.3, -0.25) is 4.90 Å². The Hall–Kier alpha value is -0.0800. The zero-order valence-electron chi connectivity index (χ0n) is 9.47. The summed E-state index contributed by atoms with van der Waals surface area (Å²) in [5.41, 5.74) is 0. The lowest BCUT2D eigenvalue weighted by Crippen LogP contribution is -2.46. The van der Waals surface area contributed by atoms with Crippen molar-refractivity contribution in [2.24, 2.45) is 0 Å². The Morgan fingerprint density at radius 2 is 1.86 bits per heavy atom. The second-order valence-corrected chi connectivity index (χ2v) is 5.00. The predicted octanol–water partition coefficient (Wildman–Crippen LogP) is 2.00. The van der Waals surface area contributed by atoms with Gasteiger partial charge in [-0.2, -0.15) is 0 Å². The Bertz CT molecular complexity index is 164. The minimum absolute atomic E-state index is 0.691. The number of nitrogens with zero attached hydrogens (tertiary/aromatic N) is 1. The molecule has 2 rings (SSSR count). The molecule has 0 aromatic heterocycles. The third kappa shape index (κ3) is 2.71. The molecule has 0 bridgehead atoms. The van der Waals surface area contributed by atoms with Crippen LogP contribution >= 0.6 is 0 Å². The highest BCUT2D eigenvalue weighted by molar-refractivity contribution is 4.81. The van der Waals surface area contributed by atoms with Crippen molar-refractivity contribution in [3.8, 4) is 0 Å². The Morgan fingerprint density at radius 1 is 1.07 bits per heavy atom. The van der Waals surface area contributed by atoms with Crippen molar-refractivity contribution < 1.29 is 0 Å². The van der Waals surface area contributed by atoms with Gasteiger partial charge >= 0.3 is 0 Å². The molecule has 0 aromatic carbocycles. The molecule has 1 saturated carbocycles. The first-order valence-corrected chi connectivity index (χ1v) is 6.33. The van der Waals surface area contributed by atoms with Crippen molar-refractivity contribution in [1.82, 2.24) is 10.2 Å². The van der Waals surface area contributed by atoms with Crippen LogP contribution in [-0.2, 0) is 0 Å². The molecule has 2 heteroatoms. The van der Waals surface area contributed by atoms with Crippen LogP contribution in [0.4, 0.5) is 0 Å². The van der Waals surface area contributed by atoms with Crippen molar-refractivity contribution in [2.75, 3.05) is 19.6 Å². The van der Waals surface area contributed by atoms with E-state index in [9.17, 15) is 0 Å². The van der Waals surface area contributed by atoms with E-state index in [0.29, 0.717) is 6.04 Å². The van der Waals surface area contributed by atoms with Gasteiger partial charge in [0.1, 0.15) is 0 Å². The predicted molar refractivity (Wildman–Crippen MR) is 60.5 cm³/mol. The molecular formula is C12H24N2. The second kappa shape index (κ2) is 5.13. The standard InChI is InChI=1S/C12H24N2/c1-11-10-14(9-5-4-8-13-11)12-6-2-3-7-12/h11-13H,2-10H2,1H3. The van der Waals surface area contributed by atoms with Gasteiger partial charge < -0.3 is 5.32 Å². The average Bonchev–Trinajstić information content (AvgIpc) is 2.63. The van der Waals surface area contributed by atoms with E-state index >= 15 is 0 Å². The highest BCUT2D eigenvalue weighted by Crippen LogP contribution is 2.24. The van der Waals surface area contributed by atoms with Crippen molar-refractivity contribution >= 4 is 0 Å². The van der Waals surface area contributed by atoms with Gasteiger partial charge in [0.25, 0.3) is 0 Å². The third-order valence-electron chi connectivity index (χ3n) is 3.71. The number of hydrogen-bond acceptors (Lipinski definition) is 2. The summed E-state index contributed by atoms with van der Waals surface area (Å²) in [6.07, 6.45) is 8.56. The first-order chi connectivity index (χ1) is 6.86. The average molecular weight is 196 g/mol. The molecule has 1 heterocycles. The molecular weight excluding hydrogens is 172 g/mol. The molecule has 1 unspecified atom stereocenters. The van der Waals surface area contributed by atoms with Gasteiger partial charge in [-0.15, -0.1) is 0 Å². The smallest absolute Gasteiger partial charge is 0.0166 e. The van der Waals surface area contributed by atoms with Gasteiger partial charge in [-0.25, -0.2) is 0 Å². The van der Waals surface area contributed by atoms with E-state index in [2.05, 4.69) is 17.1 Å². The molecule has 1 aliphatic heterocycles. The summed E-state index contributed by atoms with van der Waals surface area (Å²) in [7, 11) is 0. The molecule has 1 N–H and O–H groups in total. The molecule has 2 nitrogen and oxygen atoms in total. The number of hydrogen-bond donors (Lipinski definition) is 1. The Morgan fingerprint density at radius 3 is 2.64 bits per heavy atom. The molecule has 1 atom stereocenters. The van der Waals surface area contributed by atoms with Crippen molar-refractivity contribution in [3.63, 3.8) is 0 Å². The molecule has 0 radical (unpaired) electrons. The van der Waals surface area contributed by atoms with E-state index in [1.165, 1.54) is 58.2 Å². The van der Waals surface area contributed by atoms with Gasteiger partial charge in [0, 0.05) is 18.6 Å². The molecule has 2 aliphatic rings. The summed E-state index contributed by atoms with van der Waals surface area (Å²) >= 11 is 0. The van der Waals surface area contributed by atoms with Crippen LogP contribution in [-0.4, -0.2) is 36.6 Å². The fraction of sp³-hybridized carbons (Fsp3) is 1.00. The number of nitrogens with one attached hydrogen (secondary N) is 1. The zero-order chi connectivity index (χ0) is 9.80. The van der Waals surface area contributed by atoms with Crippen LogP contribution in [0.25, 0.3) is 0 Å². The van der Waals surface area contributed by atoms with Crippen LogP contribution < -0.4 is 5.32 Å². The van der Waals surface area contributed by atoms with E-state index in [0.717, 1.165) is 6.04 Å². The summed E-state index contributed by atoms with van der Waals surface area (Å²) in [6, 6.07) is 1.60. The largest absolute Gasteiger partial charge is 0.313 e. The second-order valence-electron chi connectivity index (χ2n) is 5.00. The topological polar surface area (TPSA) is 15.3 Å². The molecule has 82 valence electrons. The SMILES string of the molecule is CC1CN(C2CCCC2)CCCCN1. The summed E-state index contributed by atoms with van der Waals surface area (Å²) < 4.78 is 0. The van der Waals surface area contributed by atoms with Crippen LogP contribution in [0.2, 0.25) is 0 Å². The summed E-state index contributed by atoms with van der Waals surface area (Å²) in [5.74, 6) is 0. The lowest BCUT2D eigenvalue weighted by Gasteiger charge is -2.33. The van der Waals surface area contributed by atoms with E-state index in [1.807, 2.05) is 0 Å². The Kier molecular flexibility index (Phi) is 3.82. The maximum absolute atomic E-state index is 3.60. The third-order valence-corrected chi connectivity index (χ3v) is 3.71. The molecule has 0 spiro atoms. The first kappa shape index (κ1) is 10.4. The van der Waals surface area contributed by atoms with Gasteiger partial charge in [-0.05, 0) is 45.7 Å². The van der Waals surface area contributed by atoms with Gasteiger partial charge in [0.05, 0.1) is 0 Å². The van der Waals surface area contributed by atoms with E-state index < -0.39 is 0 Å². The van der Waals surface area contributed by atoms with Crippen molar-refractivity contribution in [1.29, 1.82) is 0 Å². The maximum atomic E-state index is 3.60. The monoisotopic (exact) mass is 196 g/mol. The maximum Gasteiger partial charge on any atom is 0.0166 e. The summed E-state index contributed by atoms with van der Waals surface area (Å²) in [5, 5.41) is 3.60. The summed E-state index contributed by atoms with van der Waals surface area (Å²) in [4.78, 5) is 2.74. The fourth-order valence-electron chi connectivity index (χ4n) is 2.90. The molecule has 0 amide bonds. The van der Waals surface area contributed by atoms with Crippen molar-refractivity contribution in [2.45, 2.75) is 57.5 Å². The van der Waals surface area contributed by atoms with E-state index in [1.54, 1.807) is 0 Å². The molecule has 14 heavy (non-hydrogen) atoms. The van der Waals surface area contributed by atoms with Crippen molar-refractivity contribution in [3.05, 3.63) is 0 Å².